The van der Waals surface area contributed by atoms with Crippen molar-refractivity contribution in [2.45, 2.75) is 103 Å². The summed E-state index contributed by atoms with van der Waals surface area (Å²) in [6.07, 6.45) is 23.7. The van der Waals surface area contributed by atoms with Crippen LogP contribution in [0.5, 0.6) is 0 Å². The molecule has 1 heterocycles. The number of nitrogens with zero attached hydrogens (tertiary/aromatic N) is 2. The lowest BCUT2D eigenvalue weighted by Gasteiger charge is -2.36. The second-order valence-electron chi connectivity index (χ2n) is 8.03. The van der Waals surface area contributed by atoms with Crippen molar-refractivity contribution in [3.05, 3.63) is 24.6 Å². The van der Waals surface area contributed by atoms with E-state index < -0.39 is 5.97 Å². The van der Waals surface area contributed by atoms with Gasteiger partial charge in [0.05, 0.1) is 12.2 Å². The molecule has 1 aliphatic heterocycles. The molecule has 0 spiro atoms. The quantitative estimate of drug-likeness (QED) is 0.227. The number of aliphatic imine (C=N–C) groups is 1. The number of carbonyl (C=O) groups excluding carboxylic acids is 1. The van der Waals surface area contributed by atoms with E-state index in [1.165, 1.54) is 57.8 Å². The highest BCUT2D eigenvalue weighted by Crippen LogP contribution is 2.23. The van der Waals surface area contributed by atoms with E-state index in [1.54, 1.807) is 12.4 Å². The first-order valence-corrected chi connectivity index (χ1v) is 11.3. The topological polar surface area (TPSA) is 78.5 Å². The van der Waals surface area contributed by atoms with Crippen molar-refractivity contribution in [2.75, 3.05) is 6.54 Å². The Morgan fingerprint density at radius 3 is 2.21 bits per heavy atom. The Hall–Kier alpha value is -1.46. The van der Waals surface area contributed by atoms with Crippen LogP contribution in [0.4, 0.5) is 0 Å². The van der Waals surface area contributed by atoms with E-state index in [-0.39, 0.29) is 17.2 Å². The molecule has 0 aromatic rings. The summed E-state index contributed by atoms with van der Waals surface area (Å²) in [5, 5.41) is 11.1. The Bertz CT molecular complexity index is 526. The summed E-state index contributed by atoms with van der Waals surface area (Å²) in [5.41, 5.74) is 6.06. The molecule has 5 nitrogen and oxygen atoms in total. The van der Waals surface area contributed by atoms with E-state index in [0.717, 1.165) is 31.5 Å². The van der Waals surface area contributed by atoms with Gasteiger partial charge in [-0.2, -0.15) is 0 Å². The molecule has 0 saturated carbocycles. The zero-order chi connectivity index (χ0) is 20.7. The minimum Gasteiger partial charge on any atom is -0.544 e. The predicted molar refractivity (Wildman–Crippen MR) is 115 cm³/mol. The molecule has 0 amide bonds. The Morgan fingerprint density at radius 2 is 1.64 bits per heavy atom. The number of allylic oxidation sites excluding steroid dienone is 2. The van der Waals surface area contributed by atoms with Crippen LogP contribution in [0, 0.1) is 0 Å². The normalized spacial score (nSPS) is 20.0. The van der Waals surface area contributed by atoms with Gasteiger partial charge in [-0.1, -0.05) is 64.0 Å². The fraction of sp³-hybridized carbons (Fsp3) is 0.739. The number of carbonyl (C=O) groups is 1. The lowest BCUT2D eigenvalue weighted by Crippen LogP contribution is -2.60. The zero-order valence-electron chi connectivity index (χ0n) is 18.1. The summed E-state index contributed by atoms with van der Waals surface area (Å²) in [4.78, 5) is 15.5. The van der Waals surface area contributed by atoms with E-state index in [4.69, 9.17) is 5.73 Å². The van der Waals surface area contributed by atoms with Crippen LogP contribution in [0.2, 0.25) is 0 Å². The number of hydrogen-bond donors (Lipinski definition) is 1. The fourth-order valence-electron chi connectivity index (χ4n) is 3.75. The number of hydrogen-bond acceptors (Lipinski definition) is 4. The number of carboxylic acids is 1. The van der Waals surface area contributed by atoms with Gasteiger partial charge in [-0.3, -0.25) is 5.73 Å². The third kappa shape index (κ3) is 9.16. The number of aliphatic carboxylic acids is 1. The van der Waals surface area contributed by atoms with Crippen LogP contribution in [-0.4, -0.2) is 29.0 Å². The number of nitrogens with two attached hydrogens (primary N) is 1. The second-order valence-corrected chi connectivity index (χ2v) is 8.03. The molecule has 2 atom stereocenters. The molecule has 1 rings (SSSR count). The molecule has 0 aliphatic carbocycles. The molecule has 0 saturated heterocycles. The van der Waals surface area contributed by atoms with Crippen molar-refractivity contribution in [3.8, 4) is 0 Å². The third-order valence-electron chi connectivity index (χ3n) is 5.57. The lowest BCUT2D eigenvalue weighted by molar-refractivity contribution is -0.808. The fourth-order valence-corrected chi connectivity index (χ4v) is 3.75. The lowest BCUT2D eigenvalue weighted by atomic mass is 10.1. The van der Waals surface area contributed by atoms with Crippen molar-refractivity contribution in [1.82, 2.24) is 0 Å². The van der Waals surface area contributed by atoms with Crippen molar-refractivity contribution >= 4 is 11.8 Å². The number of unbranched alkanes of at least 4 members (excludes halogenated alkanes) is 10. The first kappa shape index (κ1) is 24.6. The van der Waals surface area contributed by atoms with E-state index in [2.05, 4.69) is 24.1 Å². The van der Waals surface area contributed by atoms with Gasteiger partial charge in [0.15, 0.2) is 0 Å². The van der Waals surface area contributed by atoms with Gasteiger partial charge < -0.3 is 9.90 Å². The van der Waals surface area contributed by atoms with Crippen LogP contribution in [0.25, 0.3) is 0 Å². The maximum atomic E-state index is 11.1. The van der Waals surface area contributed by atoms with Gasteiger partial charge in [0, 0.05) is 13.3 Å². The summed E-state index contributed by atoms with van der Waals surface area (Å²) in [7, 11) is 0. The SMILES string of the molecule is CCCCCCCC/C=C/CCCCCCC1=NC=C[N+]1(CC(=O)[O-])C(C)N. The van der Waals surface area contributed by atoms with Gasteiger partial charge >= 0.3 is 0 Å². The Kier molecular flexibility index (Phi) is 12.8. The molecule has 5 heteroatoms. The molecule has 1 aliphatic rings. The molecule has 0 aromatic heterocycles. The summed E-state index contributed by atoms with van der Waals surface area (Å²) in [5.74, 6) is -0.248. The number of rotatable bonds is 17. The summed E-state index contributed by atoms with van der Waals surface area (Å²) >= 11 is 0. The smallest absolute Gasteiger partial charge is 0.209 e. The molecular weight excluding hydrogens is 350 g/mol. The van der Waals surface area contributed by atoms with E-state index in [9.17, 15) is 9.90 Å². The van der Waals surface area contributed by atoms with Gasteiger partial charge in [0.2, 0.25) is 5.84 Å². The van der Waals surface area contributed by atoms with Crippen molar-refractivity contribution in [3.63, 3.8) is 0 Å². The largest absolute Gasteiger partial charge is 0.544 e. The van der Waals surface area contributed by atoms with Crippen LogP contribution in [0.15, 0.2) is 29.5 Å². The zero-order valence-corrected chi connectivity index (χ0v) is 18.1. The molecule has 0 fully saturated rings. The maximum absolute atomic E-state index is 11.1. The highest BCUT2D eigenvalue weighted by molar-refractivity contribution is 5.81. The molecule has 2 unspecified atom stereocenters. The van der Waals surface area contributed by atoms with Crippen LogP contribution in [-0.2, 0) is 4.79 Å². The van der Waals surface area contributed by atoms with E-state index in [0.29, 0.717) is 0 Å². The number of amidine groups is 1. The monoisotopic (exact) mass is 391 g/mol. The van der Waals surface area contributed by atoms with Gasteiger partial charge in [0.25, 0.3) is 0 Å². The molecular formula is C23H41N3O2. The van der Waals surface area contributed by atoms with Crippen LogP contribution < -0.4 is 10.8 Å². The van der Waals surface area contributed by atoms with Gasteiger partial charge in [-0.15, -0.1) is 0 Å². The third-order valence-corrected chi connectivity index (χ3v) is 5.57. The Balaban J connectivity index is 2.09. The van der Waals surface area contributed by atoms with Gasteiger partial charge in [-0.25, -0.2) is 9.48 Å². The summed E-state index contributed by atoms with van der Waals surface area (Å²) < 4.78 is 0.101. The van der Waals surface area contributed by atoms with Crippen molar-refractivity contribution in [2.24, 2.45) is 10.7 Å². The highest BCUT2D eigenvalue weighted by atomic mass is 16.4. The minimum atomic E-state index is -1.09. The predicted octanol–water partition coefficient (Wildman–Crippen LogP) is 4.39. The van der Waals surface area contributed by atoms with Crippen LogP contribution in [0.3, 0.4) is 0 Å². The molecule has 0 bridgehead atoms. The Labute approximate surface area is 172 Å². The first-order valence-electron chi connectivity index (χ1n) is 11.3. The molecule has 0 aromatic carbocycles. The van der Waals surface area contributed by atoms with E-state index >= 15 is 0 Å². The van der Waals surface area contributed by atoms with Crippen LogP contribution in [0.1, 0.15) is 97.3 Å². The van der Waals surface area contributed by atoms with Crippen LogP contribution >= 0.6 is 0 Å². The highest BCUT2D eigenvalue weighted by Gasteiger charge is 2.38. The number of carboxylic acid groups (broad SMARTS) is 1. The summed E-state index contributed by atoms with van der Waals surface area (Å²) in [6, 6.07) is 0. The summed E-state index contributed by atoms with van der Waals surface area (Å²) in [6.45, 7) is 3.94. The second kappa shape index (κ2) is 14.5. The molecule has 160 valence electrons. The van der Waals surface area contributed by atoms with Gasteiger partial charge in [-0.05, 0) is 32.1 Å². The van der Waals surface area contributed by atoms with E-state index in [1.807, 2.05) is 6.92 Å². The minimum absolute atomic E-state index is 0.101. The Morgan fingerprint density at radius 1 is 1.07 bits per heavy atom. The molecule has 0 radical (unpaired) electrons. The number of quaternary nitrogens is 1. The molecule has 2 N–H and O–H groups in total. The average Bonchev–Trinajstić information content (AvgIpc) is 3.05. The molecule has 28 heavy (non-hydrogen) atoms. The van der Waals surface area contributed by atoms with Gasteiger partial charge in [0.1, 0.15) is 18.9 Å². The van der Waals surface area contributed by atoms with Crippen molar-refractivity contribution < 1.29 is 14.4 Å². The first-order chi connectivity index (χ1) is 13.5. The average molecular weight is 392 g/mol. The maximum Gasteiger partial charge on any atom is 0.209 e. The van der Waals surface area contributed by atoms with Crippen molar-refractivity contribution in [1.29, 1.82) is 0 Å². The standard InChI is InChI=1S/C23H41N3O2/c1-3-4-5-6-7-8-9-10-11-12-13-14-15-16-17-22-25-18-19-26(22,21(2)24)20-23(27)28/h10-11,18-19,21H,3-9,12-17,20,24H2,1-2H3/b11-10+.